The van der Waals surface area contributed by atoms with Crippen LogP contribution in [0.25, 0.3) is 0 Å². The Kier molecular flexibility index (Phi) is 4.72. The van der Waals surface area contributed by atoms with Crippen molar-refractivity contribution >= 4 is 0 Å². The normalized spacial score (nSPS) is 14.3. The van der Waals surface area contributed by atoms with Crippen molar-refractivity contribution in [1.29, 1.82) is 0 Å². The van der Waals surface area contributed by atoms with Gasteiger partial charge in [0.05, 0.1) is 0 Å². The van der Waals surface area contributed by atoms with Crippen LogP contribution in [-0.4, -0.2) is 31.1 Å². The average Bonchev–Trinajstić information content (AvgIpc) is 1.87. The Morgan fingerprint density at radius 2 is 2.11 bits per heavy atom. The second-order valence-corrected chi connectivity index (χ2v) is 2.57. The lowest BCUT2D eigenvalue weighted by Gasteiger charge is -2.21. The molecule has 0 amide bonds. The van der Waals surface area contributed by atoms with Gasteiger partial charge in [-0.1, -0.05) is 6.92 Å². The minimum Gasteiger partial charge on any atom is -0.329 e. The molecule has 2 N–H and O–H groups in total. The summed E-state index contributed by atoms with van der Waals surface area (Å²) in [5.41, 5.74) is 5.46. The van der Waals surface area contributed by atoms with Gasteiger partial charge in [0, 0.05) is 12.6 Å². The van der Waals surface area contributed by atoms with Gasteiger partial charge in [0.25, 0.3) is 0 Å². The Morgan fingerprint density at radius 1 is 1.56 bits per heavy atom. The lowest BCUT2D eigenvalue weighted by atomic mass is 10.3. The molecule has 0 bridgehead atoms. The lowest BCUT2D eigenvalue weighted by molar-refractivity contribution is 0.263. The number of nitrogens with zero attached hydrogens (tertiary/aromatic N) is 1. The largest absolute Gasteiger partial charge is 0.329 e. The van der Waals surface area contributed by atoms with Crippen LogP contribution in [0.1, 0.15) is 20.3 Å². The highest BCUT2D eigenvalue weighted by molar-refractivity contribution is 4.61. The van der Waals surface area contributed by atoms with Crippen LogP contribution in [0.2, 0.25) is 0 Å². The number of likely N-dealkylation sites (N-methyl/N-ethyl adjacent to an activating group) is 1. The summed E-state index contributed by atoms with van der Waals surface area (Å²) in [6, 6.07) is 0.532. The molecule has 56 valence electrons. The van der Waals surface area contributed by atoms with Crippen LogP contribution in [0.3, 0.4) is 0 Å². The quantitative estimate of drug-likeness (QED) is 0.606. The molecule has 0 aromatic heterocycles. The molecule has 0 spiro atoms. The molecule has 0 fully saturated rings. The Labute approximate surface area is 58.0 Å². The Hall–Kier alpha value is -0.0800. The van der Waals surface area contributed by atoms with E-state index < -0.39 is 0 Å². The standard InChI is InChI=1S/C7H18N2/c1-4-5-9(3)7(2)6-8/h7H,4-6,8H2,1-3H3/t7-/m0/s1. The topological polar surface area (TPSA) is 29.3 Å². The highest BCUT2D eigenvalue weighted by Gasteiger charge is 2.03. The molecule has 0 saturated carbocycles. The van der Waals surface area contributed by atoms with E-state index in [2.05, 4.69) is 25.8 Å². The van der Waals surface area contributed by atoms with Crippen LogP contribution in [0.4, 0.5) is 0 Å². The monoisotopic (exact) mass is 130 g/mol. The number of nitrogens with two attached hydrogens (primary N) is 1. The van der Waals surface area contributed by atoms with Crippen LogP contribution in [0.15, 0.2) is 0 Å². The maximum Gasteiger partial charge on any atom is 0.0187 e. The molecule has 0 aliphatic heterocycles. The highest BCUT2D eigenvalue weighted by Crippen LogP contribution is 1.92. The summed E-state index contributed by atoms with van der Waals surface area (Å²) in [5, 5.41) is 0. The summed E-state index contributed by atoms with van der Waals surface area (Å²) >= 11 is 0. The first-order chi connectivity index (χ1) is 4.22. The molecular formula is C7H18N2. The summed E-state index contributed by atoms with van der Waals surface area (Å²) in [6.45, 7) is 6.24. The van der Waals surface area contributed by atoms with Gasteiger partial charge in [0.2, 0.25) is 0 Å². The van der Waals surface area contributed by atoms with Crippen LogP contribution >= 0.6 is 0 Å². The van der Waals surface area contributed by atoms with E-state index in [4.69, 9.17) is 5.73 Å². The minimum atomic E-state index is 0.532. The van der Waals surface area contributed by atoms with Crippen molar-refractivity contribution in [2.75, 3.05) is 20.1 Å². The zero-order valence-corrected chi connectivity index (χ0v) is 6.72. The van der Waals surface area contributed by atoms with Crippen molar-refractivity contribution in [3.05, 3.63) is 0 Å². The fraction of sp³-hybridized carbons (Fsp3) is 1.00. The van der Waals surface area contributed by atoms with Gasteiger partial charge in [0.15, 0.2) is 0 Å². The first-order valence-electron chi connectivity index (χ1n) is 3.62. The molecule has 0 aliphatic rings. The molecule has 0 rings (SSSR count). The molecule has 2 nitrogen and oxygen atoms in total. The molecule has 2 heteroatoms. The first-order valence-corrected chi connectivity index (χ1v) is 3.62. The second-order valence-electron chi connectivity index (χ2n) is 2.57. The van der Waals surface area contributed by atoms with E-state index in [1.165, 1.54) is 6.42 Å². The zero-order chi connectivity index (χ0) is 7.28. The fourth-order valence-corrected chi connectivity index (χ4v) is 0.753. The van der Waals surface area contributed by atoms with E-state index in [1.54, 1.807) is 0 Å². The van der Waals surface area contributed by atoms with E-state index in [9.17, 15) is 0 Å². The summed E-state index contributed by atoms with van der Waals surface area (Å²) in [6.07, 6.45) is 1.21. The predicted molar refractivity (Wildman–Crippen MR) is 41.4 cm³/mol. The third kappa shape index (κ3) is 3.49. The van der Waals surface area contributed by atoms with Crippen molar-refractivity contribution in [2.24, 2.45) is 5.73 Å². The molecule has 0 saturated heterocycles. The molecule has 0 aromatic rings. The van der Waals surface area contributed by atoms with E-state index >= 15 is 0 Å². The molecule has 9 heavy (non-hydrogen) atoms. The highest BCUT2D eigenvalue weighted by atomic mass is 15.1. The molecule has 0 unspecified atom stereocenters. The van der Waals surface area contributed by atoms with Crippen molar-refractivity contribution in [3.8, 4) is 0 Å². The number of hydrogen-bond acceptors (Lipinski definition) is 2. The summed E-state index contributed by atoms with van der Waals surface area (Å²) in [5.74, 6) is 0. The van der Waals surface area contributed by atoms with E-state index in [1.807, 2.05) is 0 Å². The van der Waals surface area contributed by atoms with Gasteiger partial charge in [-0.2, -0.15) is 0 Å². The molecule has 0 heterocycles. The number of hydrogen-bond donors (Lipinski definition) is 1. The summed E-state index contributed by atoms with van der Waals surface area (Å²) < 4.78 is 0. The van der Waals surface area contributed by atoms with Crippen LogP contribution in [0.5, 0.6) is 0 Å². The average molecular weight is 130 g/mol. The molecular weight excluding hydrogens is 112 g/mol. The molecule has 0 aliphatic carbocycles. The Balaban J connectivity index is 3.32. The van der Waals surface area contributed by atoms with Gasteiger partial charge in [-0.3, -0.25) is 0 Å². The summed E-state index contributed by atoms with van der Waals surface area (Å²) in [7, 11) is 2.11. The molecule has 1 atom stereocenters. The van der Waals surface area contributed by atoms with Crippen molar-refractivity contribution in [2.45, 2.75) is 26.3 Å². The van der Waals surface area contributed by atoms with E-state index in [-0.39, 0.29) is 0 Å². The van der Waals surface area contributed by atoms with Crippen LogP contribution < -0.4 is 5.73 Å². The van der Waals surface area contributed by atoms with Crippen molar-refractivity contribution in [1.82, 2.24) is 4.90 Å². The van der Waals surface area contributed by atoms with Crippen molar-refractivity contribution in [3.63, 3.8) is 0 Å². The minimum absolute atomic E-state index is 0.532. The lowest BCUT2D eigenvalue weighted by Crippen LogP contribution is -2.35. The van der Waals surface area contributed by atoms with E-state index in [0.717, 1.165) is 13.1 Å². The van der Waals surface area contributed by atoms with Crippen molar-refractivity contribution < 1.29 is 0 Å². The van der Waals surface area contributed by atoms with Gasteiger partial charge in [-0.05, 0) is 26.9 Å². The van der Waals surface area contributed by atoms with Gasteiger partial charge in [-0.25, -0.2) is 0 Å². The third-order valence-corrected chi connectivity index (χ3v) is 1.67. The maximum absolute atomic E-state index is 5.46. The SMILES string of the molecule is CCCN(C)[C@@H](C)CN. The van der Waals surface area contributed by atoms with Gasteiger partial charge in [0.1, 0.15) is 0 Å². The first kappa shape index (κ1) is 8.92. The molecule has 0 radical (unpaired) electrons. The maximum atomic E-state index is 5.46. The van der Waals surface area contributed by atoms with Gasteiger partial charge >= 0.3 is 0 Å². The fourth-order valence-electron chi connectivity index (χ4n) is 0.753. The number of rotatable bonds is 4. The third-order valence-electron chi connectivity index (χ3n) is 1.67. The van der Waals surface area contributed by atoms with Gasteiger partial charge in [-0.15, -0.1) is 0 Å². The predicted octanol–water partition coefficient (Wildman–Crippen LogP) is 0.675. The van der Waals surface area contributed by atoms with E-state index in [0.29, 0.717) is 6.04 Å². The Bertz CT molecular complexity index is 63.9. The van der Waals surface area contributed by atoms with Crippen LogP contribution in [0, 0.1) is 0 Å². The Morgan fingerprint density at radius 3 is 2.44 bits per heavy atom. The smallest absolute Gasteiger partial charge is 0.0187 e. The zero-order valence-electron chi connectivity index (χ0n) is 6.72. The molecule has 0 aromatic carbocycles. The van der Waals surface area contributed by atoms with Crippen LogP contribution in [-0.2, 0) is 0 Å². The summed E-state index contributed by atoms with van der Waals surface area (Å²) in [4.78, 5) is 2.28. The second kappa shape index (κ2) is 4.77. The van der Waals surface area contributed by atoms with Gasteiger partial charge < -0.3 is 10.6 Å².